The SMILES string of the molecule is Cc1ccc(-c2csc3ncnc(-n4nnc5cc(C)c(C)cc54)c23)cc1. The van der Waals surface area contributed by atoms with Gasteiger partial charge in [0.1, 0.15) is 16.7 Å². The molecule has 0 atom stereocenters. The Kier molecular flexibility index (Phi) is 3.55. The number of nitrogens with zero attached hydrogens (tertiary/aromatic N) is 5. The summed E-state index contributed by atoms with van der Waals surface area (Å²) in [6.45, 7) is 6.28. The monoisotopic (exact) mass is 371 g/mol. The van der Waals surface area contributed by atoms with Gasteiger partial charge in [-0.1, -0.05) is 35.0 Å². The molecule has 0 radical (unpaired) electrons. The Hall–Kier alpha value is -3.12. The molecule has 6 heteroatoms. The van der Waals surface area contributed by atoms with Crippen LogP contribution >= 0.6 is 11.3 Å². The first-order valence-corrected chi connectivity index (χ1v) is 9.62. The van der Waals surface area contributed by atoms with Gasteiger partial charge >= 0.3 is 0 Å². The number of fused-ring (bicyclic) bond motifs is 2. The molecule has 132 valence electrons. The van der Waals surface area contributed by atoms with Gasteiger partial charge in [0.2, 0.25) is 0 Å². The zero-order valence-corrected chi connectivity index (χ0v) is 16.1. The molecule has 0 aliphatic rings. The molecule has 27 heavy (non-hydrogen) atoms. The number of aryl methyl sites for hydroxylation is 3. The van der Waals surface area contributed by atoms with Crippen molar-refractivity contribution in [1.82, 2.24) is 25.0 Å². The van der Waals surface area contributed by atoms with Gasteiger partial charge in [-0.05, 0) is 49.6 Å². The predicted molar refractivity (Wildman–Crippen MR) is 109 cm³/mol. The molecule has 0 bridgehead atoms. The number of hydrogen-bond acceptors (Lipinski definition) is 5. The van der Waals surface area contributed by atoms with Crippen molar-refractivity contribution in [1.29, 1.82) is 0 Å². The maximum Gasteiger partial charge on any atom is 0.168 e. The maximum atomic E-state index is 4.58. The average Bonchev–Trinajstić information content (AvgIpc) is 3.27. The zero-order valence-electron chi connectivity index (χ0n) is 15.3. The molecule has 0 unspecified atom stereocenters. The fraction of sp³-hybridized carbons (Fsp3) is 0.143. The second-order valence-electron chi connectivity index (χ2n) is 6.82. The highest BCUT2D eigenvalue weighted by atomic mass is 32.1. The van der Waals surface area contributed by atoms with Crippen LogP contribution in [0, 0.1) is 20.8 Å². The van der Waals surface area contributed by atoms with E-state index in [-0.39, 0.29) is 0 Å². The highest BCUT2D eigenvalue weighted by molar-refractivity contribution is 7.17. The maximum absolute atomic E-state index is 4.58. The van der Waals surface area contributed by atoms with Crippen molar-refractivity contribution in [2.45, 2.75) is 20.8 Å². The van der Waals surface area contributed by atoms with Crippen molar-refractivity contribution in [3.8, 4) is 16.9 Å². The third-order valence-corrected chi connectivity index (χ3v) is 5.86. The number of thiophene rings is 1. The Labute approximate surface area is 160 Å². The molecule has 0 amide bonds. The first-order chi connectivity index (χ1) is 13.1. The number of benzene rings is 2. The van der Waals surface area contributed by atoms with Crippen LogP contribution in [0.4, 0.5) is 0 Å². The van der Waals surface area contributed by atoms with Gasteiger partial charge < -0.3 is 0 Å². The summed E-state index contributed by atoms with van der Waals surface area (Å²) in [6.07, 6.45) is 1.60. The van der Waals surface area contributed by atoms with Crippen LogP contribution in [0.15, 0.2) is 48.1 Å². The second-order valence-corrected chi connectivity index (χ2v) is 7.68. The molecule has 0 fully saturated rings. The number of hydrogen-bond donors (Lipinski definition) is 0. The Bertz CT molecular complexity index is 1300. The average molecular weight is 371 g/mol. The number of aromatic nitrogens is 5. The number of rotatable bonds is 2. The van der Waals surface area contributed by atoms with Crippen LogP contribution in [0.5, 0.6) is 0 Å². The van der Waals surface area contributed by atoms with Gasteiger partial charge in [0, 0.05) is 10.9 Å². The molecule has 0 spiro atoms. The van der Waals surface area contributed by atoms with Crippen molar-refractivity contribution < 1.29 is 0 Å². The second kappa shape index (κ2) is 5.96. The van der Waals surface area contributed by atoms with E-state index in [4.69, 9.17) is 0 Å². The lowest BCUT2D eigenvalue weighted by Crippen LogP contribution is -2.01. The summed E-state index contributed by atoms with van der Waals surface area (Å²) in [5.74, 6) is 0.766. The van der Waals surface area contributed by atoms with Gasteiger partial charge in [-0.15, -0.1) is 16.4 Å². The predicted octanol–water partition coefficient (Wildman–Crippen LogP) is 5.02. The molecule has 0 aliphatic heterocycles. The van der Waals surface area contributed by atoms with Crippen molar-refractivity contribution in [3.63, 3.8) is 0 Å². The summed E-state index contributed by atoms with van der Waals surface area (Å²) in [7, 11) is 0. The summed E-state index contributed by atoms with van der Waals surface area (Å²) in [5.41, 5.74) is 7.76. The van der Waals surface area contributed by atoms with Crippen molar-refractivity contribution in [2.75, 3.05) is 0 Å². The van der Waals surface area contributed by atoms with Gasteiger partial charge in [-0.2, -0.15) is 4.68 Å². The minimum atomic E-state index is 0.766. The van der Waals surface area contributed by atoms with Gasteiger partial charge in [-0.25, -0.2) is 9.97 Å². The lowest BCUT2D eigenvalue weighted by atomic mass is 10.0. The van der Waals surface area contributed by atoms with Crippen molar-refractivity contribution >= 4 is 32.6 Å². The Morgan fingerprint density at radius 2 is 1.70 bits per heavy atom. The molecule has 0 N–H and O–H groups in total. The molecule has 0 saturated carbocycles. The molecular formula is C21H17N5S. The first-order valence-electron chi connectivity index (χ1n) is 8.74. The molecule has 5 nitrogen and oxygen atoms in total. The quantitative estimate of drug-likeness (QED) is 0.437. The standard InChI is InChI=1S/C21H17N5S/c1-12-4-6-15(7-5-12)16-10-27-21-19(16)20(22-11-23-21)26-18-9-14(3)13(2)8-17(18)24-25-26/h4-11H,1-3H3. The molecule has 5 aromatic rings. The van der Waals surface area contributed by atoms with Gasteiger partial charge in [-0.3, -0.25) is 0 Å². The van der Waals surface area contributed by atoms with E-state index >= 15 is 0 Å². The van der Waals surface area contributed by atoms with Gasteiger partial charge in [0.25, 0.3) is 0 Å². The highest BCUT2D eigenvalue weighted by Crippen LogP contribution is 2.36. The van der Waals surface area contributed by atoms with Gasteiger partial charge in [0.05, 0.1) is 10.9 Å². The highest BCUT2D eigenvalue weighted by Gasteiger charge is 2.17. The van der Waals surface area contributed by atoms with E-state index in [1.165, 1.54) is 16.7 Å². The normalized spacial score (nSPS) is 11.5. The Morgan fingerprint density at radius 1 is 0.926 bits per heavy atom. The largest absolute Gasteiger partial charge is 0.225 e. The molecule has 2 aromatic carbocycles. The summed E-state index contributed by atoms with van der Waals surface area (Å²) < 4.78 is 1.83. The zero-order chi connectivity index (χ0) is 18.5. The Balaban J connectivity index is 1.81. The van der Waals surface area contributed by atoms with E-state index in [0.717, 1.165) is 38.2 Å². The van der Waals surface area contributed by atoms with E-state index in [9.17, 15) is 0 Å². The fourth-order valence-corrected chi connectivity index (χ4v) is 4.21. The van der Waals surface area contributed by atoms with Crippen molar-refractivity contribution in [2.24, 2.45) is 0 Å². The molecule has 0 saturated heterocycles. The minimum absolute atomic E-state index is 0.766. The van der Waals surface area contributed by atoms with Crippen LogP contribution in [0.3, 0.4) is 0 Å². The van der Waals surface area contributed by atoms with E-state index in [1.54, 1.807) is 17.7 Å². The minimum Gasteiger partial charge on any atom is -0.225 e. The lowest BCUT2D eigenvalue weighted by Gasteiger charge is -2.07. The molecule has 3 aromatic heterocycles. The van der Waals surface area contributed by atoms with Gasteiger partial charge in [0.15, 0.2) is 5.82 Å². The van der Waals surface area contributed by atoms with E-state index < -0.39 is 0 Å². The summed E-state index contributed by atoms with van der Waals surface area (Å²) in [6, 6.07) is 12.7. The lowest BCUT2D eigenvalue weighted by molar-refractivity contribution is 0.805. The molecular weight excluding hydrogens is 354 g/mol. The smallest absolute Gasteiger partial charge is 0.168 e. The molecule has 5 rings (SSSR count). The topological polar surface area (TPSA) is 56.5 Å². The third-order valence-electron chi connectivity index (χ3n) is 4.97. The Morgan fingerprint density at radius 3 is 2.52 bits per heavy atom. The van der Waals surface area contributed by atoms with E-state index in [2.05, 4.69) is 82.8 Å². The summed E-state index contributed by atoms with van der Waals surface area (Å²) >= 11 is 1.62. The molecule has 0 aliphatic carbocycles. The van der Waals surface area contributed by atoms with Crippen LogP contribution < -0.4 is 0 Å². The fourth-order valence-electron chi connectivity index (χ4n) is 3.30. The molecule has 3 heterocycles. The third kappa shape index (κ3) is 2.52. The van der Waals surface area contributed by atoms with Crippen molar-refractivity contribution in [3.05, 3.63) is 64.8 Å². The summed E-state index contributed by atoms with van der Waals surface area (Å²) in [4.78, 5) is 10.0. The first kappa shape index (κ1) is 16.1. The summed E-state index contributed by atoms with van der Waals surface area (Å²) in [5, 5.41) is 11.9. The van der Waals surface area contributed by atoms with Crippen LogP contribution in [-0.4, -0.2) is 25.0 Å². The van der Waals surface area contributed by atoms with Crippen LogP contribution in [0.1, 0.15) is 16.7 Å². The van der Waals surface area contributed by atoms with E-state index in [0.29, 0.717) is 0 Å². The van der Waals surface area contributed by atoms with Crippen LogP contribution in [-0.2, 0) is 0 Å². The van der Waals surface area contributed by atoms with Crippen LogP contribution in [0.2, 0.25) is 0 Å². The van der Waals surface area contributed by atoms with E-state index in [1.807, 2.05) is 4.68 Å². The van der Waals surface area contributed by atoms with Crippen LogP contribution in [0.25, 0.3) is 38.2 Å².